The van der Waals surface area contributed by atoms with Crippen LogP contribution in [0, 0.1) is 0 Å². The maximum atomic E-state index is 13.0. The molecule has 30 heavy (non-hydrogen) atoms. The molecule has 1 N–H and O–H groups in total. The van der Waals surface area contributed by atoms with E-state index in [1.54, 1.807) is 23.6 Å². The van der Waals surface area contributed by atoms with Gasteiger partial charge in [-0.1, -0.05) is 35.9 Å². The Morgan fingerprint density at radius 1 is 1.13 bits per heavy atom. The number of halogens is 4. The lowest BCUT2D eigenvalue weighted by Gasteiger charge is -2.13. The largest absolute Gasteiger partial charge is 0.455 e. The van der Waals surface area contributed by atoms with Gasteiger partial charge in [0.2, 0.25) is 0 Å². The molecular formula is C20H14ClF3N2O3S. The van der Waals surface area contributed by atoms with Crippen molar-refractivity contribution in [3.05, 3.63) is 70.2 Å². The molecule has 10 heteroatoms. The summed E-state index contributed by atoms with van der Waals surface area (Å²) in [5.74, 6) is -1.60. The number of benzene rings is 2. The fourth-order valence-electron chi connectivity index (χ4n) is 2.51. The average Bonchev–Trinajstić information content (AvgIpc) is 3.14. The highest BCUT2D eigenvalue weighted by Gasteiger charge is 2.33. The molecule has 3 rings (SSSR count). The molecule has 0 spiro atoms. The predicted octanol–water partition coefficient (Wildman–Crippen LogP) is 5.21. The monoisotopic (exact) mass is 454 g/mol. The van der Waals surface area contributed by atoms with Crippen molar-refractivity contribution in [2.45, 2.75) is 12.6 Å². The molecule has 0 unspecified atom stereocenters. The van der Waals surface area contributed by atoms with E-state index in [2.05, 4.69) is 10.3 Å². The summed E-state index contributed by atoms with van der Waals surface area (Å²) in [6, 6.07) is 11.6. The van der Waals surface area contributed by atoms with Crippen molar-refractivity contribution in [3.63, 3.8) is 0 Å². The lowest BCUT2D eigenvalue weighted by atomic mass is 10.1. The number of carbonyl (C=O) groups excluding carboxylic acids is 2. The molecule has 0 saturated heterocycles. The second-order valence-electron chi connectivity index (χ2n) is 6.08. The van der Waals surface area contributed by atoms with E-state index >= 15 is 0 Å². The number of alkyl halides is 3. The third kappa shape index (κ3) is 5.80. The van der Waals surface area contributed by atoms with Crippen LogP contribution in [-0.4, -0.2) is 23.5 Å². The molecule has 5 nitrogen and oxygen atoms in total. The van der Waals surface area contributed by atoms with Crippen LogP contribution in [0.4, 0.5) is 18.9 Å². The molecule has 1 aromatic heterocycles. The second-order valence-corrected chi connectivity index (χ2v) is 7.38. The zero-order chi connectivity index (χ0) is 21.7. The summed E-state index contributed by atoms with van der Waals surface area (Å²) >= 11 is 7.27. The summed E-state index contributed by atoms with van der Waals surface area (Å²) < 4.78 is 43.7. The van der Waals surface area contributed by atoms with Gasteiger partial charge in [-0.3, -0.25) is 9.59 Å². The van der Waals surface area contributed by atoms with Gasteiger partial charge in [0.05, 0.1) is 23.4 Å². The molecule has 0 aliphatic heterocycles. The molecule has 0 bridgehead atoms. The van der Waals surface area contributed by atoms with Crippen LogP contribution >= 0.6 is 22.9 Å². The Labute approximate surface area is 178 Å². The van der Waals surface area contributed by atoms with E-state index in [4.69, 9.17) is 16.3 Å². The summed E-state index contributed by atoms with van der Waals surface area (Å²) in [6.07, 6.45) is -4.80. The van der Waals surface area contributed by atoms with E-state index < -0.39 is 35.9 Å². The molecule has 1 heterocycles. The minimum atomic E-state index is -4.62. The van der Waals surface area contributed by atoms with Crippen molar-refractivity contribution in [2.24, 2.45) is 0 Å². The number of hydrogen-bond donors (Lipinski definition) is 1. The van der Waals surface area contributed by atoms with Crippen molar-refractivity contribution < 1.29 is 27.5 Å². The summed E-state index contributed by atoms with van der Waals surface area (Å²) in [6.45, 7) is -0.712. The van der Waals surface area contributed by atoms with Crippen LogP contribution in [-0.2, 0) is 26.9 Å². The molecule has 0 fully saturated rings. The van der Waals surface area contributed by atoms with E-state index in [0.717, 1.165) is 17.7 Å². The highest BCUT2D eigenvalue weighted by molar-refractivity contribution is 7.13. The molecule has 1 amide bonds. The van der Waals surface area contributed by atoms with Gasteiger partial charge in [0.15, 0.2) is 6.61 Å². The van der Waals surface area contributed by atoms with Gasteiger partial charge in [-0.05, 0) is 24.3 Å². The number of anilines is 1. The number of amides is 1. The van der Waals surface area contributed by atoms with Gasteiger partial charge >= 0.3 is 12.1 Å². The maximum Gasteiger partial charge on any atom is 0.418 e. The first-order valence-corrected chi connectivity index (χ1v) is 9.80. The maximum absolute atomic E-state index is 13.0. The van der Waals surface area contributed by atoms with Crippen LogP contribution in [0.25, 0.3) is 10.6 Å². The summed E-state index contributed by atoms with van der Waals surface area (Å²) in [5, 5.41) is 5.01. The smallest absolute Gasteiger partial charge is 0.418 e. The number of carbonyl (C=O) groups is 2. The van der Waals surface area contributed by atoms with Crippen LogP contribution in [0.2, 0.25) is 5.02 Å². The molecule has 0 aliphatic carbocycles. The van der Waals surface area contributed by atoms with Crippen LogP contribution < -0.4 is 5.32 Å². The van der Waals surface area contributed by atoms with Crippen molar-refractivity contribution in [1.82, 2.24) is 4.98 Å². The third-order valence-corrected chi connectivity index (χ3v) is 4.99. The van der Waals surface area contributed by atoms with E-state index in [-0.39, 0.29) is 6.42 Å². The molecule has 0 saturated carbocycles. The Hall–Kier alpha value is -2.91. The zero-order valence-corrected chi connectivity index (χ0v) is 16.8. The molecule has 0 atom stereocenters. The summed E-state index contributed by atoms with van der Waals surface area (Å²) in [4.78, 5) is 28.2. The molecule has 156 valence electrons. The van der Waals surface area contributed by atoms with Gasteiger partial charge in [0.1, 0.15) is 5.01 Å². The highest BCUT2D eigenvalue weighted by Crippen LogP contribution is 2.34. The van der Waals surface area contributed by atoms with Crippen LogP contribution in [0.5, 0.6) is 0 Å². The first kappa shape index (κ1) is 21.8. The number of rotatable bonds is 6. The predicted molar refractivity (Wildman–Crippen MR) is 107 cm³/mol. The molecule has 0 radical (unpaired) electrons. The van der Waals surface area contributed by atoms with Crippen LogP contribution in [0.1, 0.15) is 11.3 Å². The number of ether oxygens (including phenoxy) is 1. The van der Waals surface area contributed by atoms with E-state index in [1.165, 1.54) is 23.5 Å². The number of thiazole rings is 1. The Kier molecular flexibility index (Phi) is 6.73. The third-order valence-electron chi connectivity index (χ3n) is 3.82. The topological polar surface area (TPSA) is 68.3 Å². The zero-order valence-electron chi connectivity index (χ0n) is 15.2. The van der Waals surface area contributed by atoms with Crippen molar-refractivity contribution in [3.8, 4) is 10.6 Å². The van der Waals surface area contributed by atoms with Crippen LogP contribution in [0.3, 0.4) is 0 Å². The quantitative estimate of drug-likeness (QED) is 0.519. The second kappa shape index (κ2) is 9.27. The normalized spacial score (nSPS) is 11.2. The first-order chi connectivity index (χ1) is 14.2. The number of nitrogens with zero attached hydrogens (tertiary/aromatic N) is 1. The number of para-hydroxylation sites is 1. The number of aromatic nitrogens is 1. The Morgan fingerprint density at radius 3 is 2.63 bits per heavy atom. The van der Waals surface area contributed by atoms with Crippen LogP contribution in [0.15, 0.2) is 53.9 Å². The fraction of sp³-hybridized carbons (Fsp3) is 0.150. The SMILES string of the molecule is O=C(COC(=O)Cc1csc(-c2cccc(Cl)c2)n1)Nc1ccccc1C(F)(F)F. The lowest BCUT2D eigenvalue weighted by molar-refractivity contribution is -0.146. The minimum absolute atomic E-state index is 0.177. The standard InChI is InChI=1S/C20H14ClF3N2O3S/c21-13-5-3-4-12(8-13)19-25-14(11-30-19)9-18(28)29-10-17(27)26-16-7-2-1-6-15(16)20(22,23)24/h1-8,11H,9-10H2,(H,26,27). The van der Waals surface area contributed by atoms with E-state index in [1.807, 2.05) is 6.07 Å². The van der Waals surface area contributed by atoms with E-state index in [0.29, 0.717) is 15.7 Å². The lowest BCUT2D eigenvalue weighted by Crippen LogP contribution is -2.23. The van der Waals surface area contributed by atoms with Gasteiger partial charge in [-0.15, -0.1) is 11.3 Å². The first-order valence-electron chi connectivity index (χ1n) is 8.54. The molecule has 0 aliphatic rings. The Bertz CT molecular complexity index is 1070. The van der Waals surface area contributed by atoms with Crippen molar-refractivity contribution in [1.29, 1.82) is 0 Å². The number of esters is 1. The van der Waals surface area contributed by atoms with Crippen molar-refractivity contribution in [2.75, 3.05) is 11.9 Å². The summed E-state index contributed by atoms with van der Waals surface area (Å²) in [5.41, 5.74) is -0.143. The van der Waals surface area contributed by atoms with Gasteiger partial charge < -0.3 is 10.1 Å². The summed E-state index contributed by atoms with van der Waals surface area (Å²) in [7, 11) is 0. The van der Waals surface area contributed by atoms with Gasteiger partial charge in [-0.25, -0.2) is 4.98 Å². The average molecular weight is 455 g/mol. The minimum Gasteiger partial charge on any atom is -0.455 e. The van der Waals surface area contributed by atoms with E-state index in [9.17, 15) is 22.8 Å². The molecule has 2 aromatic carbocycles. The van der Waals surface area contributed by atoms with Gasteiger partial charge in [0.25, 0.3) is 5.91 Å². The number of hydrogen-bond acceptors (Lipinski definition) is 5. The fourth-order valence-corrected chi connectivity index (χ4v) is 3.52. The number of nitrogens with one attached hydrogen (secondary N) is 1. The molecular weight excluding hydrogens is 441 g/mol. The highest BCUT2D eigenvalue weighted by atomic mass is 35.5. The Balaban J connectivity index is 1.54. The molecule has 3 aromatic rings. The Morgan fingerprint density at radius 2 is 1.90 bits per heavy atom. The van der Waals surface area contributed by atoms with Gasteiger partial charge in [0, 0.05) is 16.0 Å². The van der Waals surface area contributed by atoms with Crippen molar-refractivity contribution >= 4 is 40.5 Å². The van der Waals surface area contributed by atoms with Gasteiger partial charge in [-0.2, -0.15) is 13.2 Å².